The lowest BCUT2D eigenvalue weighted by Gasteiger charge is -2.09. The van der Waals surface area contributed by atoms with E-state index in [0.717, 1.165) is 34.6 Å². The van der Waals surface area contributed by atoms with Crippen molar-refractivity contribution in [3.05, 3.63) is 71.4 Å². The van der Waals surface area contributed by atoms with E-state index < -0.39 is 0 Å². The number of carbonyl (C=O) groups excluding carboxylic acids is 1. The van der Waals surface area contributed by atoms with Crippen LogP contribution in [0.4, 0.5) is 0 Å². The molecule has 24 heavy (non-hydrogen) atoms. The van der Waals surface area contributed by atoms with Crippen LogP contribution in [-0.2, 0) is 11.9 Å². The first-order valence-electron chi connectivity index (χ1n) is 7.54. The third kappa shape index (κ3) is 3.57. The van der Waals surface area contributed by atoms with Gasteiger partial charge in [-0.1, -0.05) is 46.3 Å². The van der Waals surface area contributed by atoms with Crippen molar-refractivity contribution in [2.75, 3.05) is 7.11 Å². The van der Waals surface area contributed by atoms with Crippen LogP contribution < -0.4 is 4.74 Å². The van der Waals surface area contributed by atoms with Gasteiger partial charge in [0.1, 0.15) is 12.0 Å². The van der Waals surface area contributed by atoms with E-state index in [9.17, 15) is 4.79 Å². The number of rotatable bonds is 6. The van der Waals surface area contributed by atoms with E-state index in [-0.39, 0.29) is 0 Å². The third-order valence-electron chi connectivity index (χ3n) is 3.78. The second-order valence-electron chi connectivity index (χ2n) is 5.40. The number of hydrogen-bond donors (Lipinski definition) is 0. The summed E-state index contributed by atoms with van der Waals surface area (Å²) in [5.74, 6) is 0.833. The maximum absolute atomic E-state index is 11.0. The van der Waals surface area contributed by atoms with Crippen molar-refractivity contribution in [2.45, 2.75) is 11.9 Å². The van der Waals surface area contributed by atoms with Crippen LogP contribution in [0.3, 0.4) is 0 Å². The molecule has 0 amide bonds. The fourth-order valence-electron chi connectivity index (χ4n) is 2.56. The lowest BCUT2D eigenvalue weighted by Crippen LogP contribution is -2.04. The molecule has 4 nitrogen and oxygen atoms in total. The molecule has 0 radical (unpaired) electrons. The maximum Gasteiger partial charge on any atom is 0.150 e. The number of nitrogens with zero attached hydrogens (tertiary/aromatic N) is 2. The Balaban J connectivity index is 1.97. The Bertz CT molecular complexity index is 841. The highest BCUT2D eigenvalue weighted by Crippen LogP contribution is 2.24. The Hall–Kier alpha value is -2.40. The fourth-order valence-corrected chi connectivity index (χ4v) is 2.84. The van der Waals surface area contributed by atoms with Gasteiger partial charge in [-0.3, -0.25) is 9.48 Å². The molecule has 0 N–H and O–H groups in total. The summed E-state index contributed by atoms with van der Waals surface area (Å²) < 4.78 is 7.16. The number of methoxy groups -OCH3 is 1. The average molecular weight is 385 g/mol. The lowest BCUT2D eigenvalue weighted by molar-refractivity contribution is 0.112. The molecule has 0 aliphatic carbocycles. The van der Waals surface area contributed by atoms with Crippen molar-refractivity contribution < 1.29 is 9.53 Å². The summed E-state index contributed by atoms with van der Waals surface area (Å²) >= 11 is 3.46. The molecule has 0 unspecified atom stereocenters. The minimum atomic E-state index is 0.650. The Morgan fingerprint density at radius 2 is 1.96 bits per heavy atom. The normalized spacial score (nSPS) is 10.6. The smallest absolute Gasteiger partial charge is 0.150 e. The van der Waals surface area contributed by atoms with Crippen molar-refractivity contribution >= 4 is 22.2 Å². The van der Waals surface area contributed by atoms with Gasteiger partial charge in [0.25, 0.3) is 0 Å². The van der Waals surface area contributed by atoms with E-state index >= 15 is 0 Å². The first-order valence-corrected chi connectivity index (χ1v) is 8.67. The van der Waals surface area contributed by atoms with Gasteiger partial charge < -0.3 is 4.74 Å². The molecule has 3 rings (SSSR count). The Kier molecular flexibility index (Phi) is 5.11. The number of ether oxygens (including phenoxy) is 1. The second-order valence-corrected chi connectivity index (χ2v) is 5.96. The van der Waals surface area contributed by atoms with E-state index in [1.807, 2.05) is 53.2 Å². The van der Waals surface area contributed by atoms with Crippen molar-refractivity contribution in [2.24, 2.45) is 0 Å². The monoisotopic (exact) mass is 384 g/mol. The zero-order valence-corrected chi connectivity index (χ0v) is 14.9. The molecular weight excluding hydrogens is 368 g/mol. The highest BCUT2D eigenvalue weighted by atomic mass is 79.9. The van der Waals surface area contributed by atoms with Crippen LogP contribution in [-0.4, -0.2) is 23.2 Å². The predicted molar refractivity (Wildman–Crippen MR) is 97.8 cm³/mol. The van der Waals surface area contributed by atoms with Gasteiger partial charge >= 0.3 is 0 Å². The molecule has 3 aromatic rings. The SMILES string of the molecule is COc1ccc(Cn2nc(CBr)cc2-c2cccc(C=O)c2)cc1. The summed E-state index contributed by atoms with van der Waals surface area (Å²) in [6.07, 6.45) is 0.860. The lowest BCUT2D eigenvalue weighted by atomic mass is 10.1. The van der Waals surface area contributed by atoms with Gasteiger partial charge in [0, 0.05) is 16.5 Å². The molecule has 5 heteroatoms. The molecule has 0 aliphatic rings. The molecule has 2 aromatic carbocycles. The summed E-state index contributed by atoms with van der Waals surface area (Å²) in [7, 11) is 1.66. The van der Waals surface area contributed by atoms with Crippen LogP contribution in [0.15, 0.2) is 54.6 Å². The van der Waals surface area contributed by atoms with Gasteiger partial charge in [-0.05, 0) is 29.8 Å². The number of carbonyl (C=O) groups is 1. The Morgan fingerprint density at radius 1 is 1.17 bits per heavy atom. The first-order chi connectivity index (χ1) is 11.7. The first kappa shape index (κ1) is 16.5. The van der Waals surface area contributed by atoms with E-state index in [4.69, 9.17) is 4.74 Å². The minimum Gasteiger partial charge on any atom is -0.497 e. The topological polar surface area (TPSA) is 44.1 Å². The molecular formula is C19H17BrN2O2. The van der Waals surface area contributed by atoms with Crippen LogP contribution in [0.25, 0.3) is 11.3 Å². The fraction of sp³-hybridized carbons (Fsp3) is 0.158. The summed E-state index contributed by atoms with van der Waals surface area (Å²) in [5.41, 5.74) is 4.71. The maximum atomic E-state index is 11.0. The van der Waals surface area contributed by atoms with Crippen molar-refractivity contribution in [3.8, 4) is 17.0 Å². The number of aldehydes is 1. The molecule has 1 aromatic heterocycles. The molecule has 0 saturated carbocycles. The van der Waals surface area contributed by atoms with E-state index in [2.05, 4.69) is 21.0 Å². The predicted octanol–water partition coefficient (Wildman–Crippen LogP) is 4.31. The number of halogens is 1. The highest BCUT2D eigenvalue weighted by Gasteiger charge is 2.11. The molecule has 122 valence electrons. The number of benzene rings is 2. The highest BCUT2D eigenvalue weighted by molar-refractivity contribution is 9.08. The number of alkyl halides is 1. The standard InChI is InChI=1S/C19H17BrN2O2/c1-24-18-7-5-14(6-8-18)12-22-19(10-17(11-20)21-22)16-4-2-3-15(9-16)13-23/h2-10,13H,11-12H2,1H3. The molecule has 0 saturated heterocycles. The Morgan fingerprint density at radius 3 is 2.62 bits per heavy atom. The molecule has 0 aliphatic heterocycles. The molecule has 0 fully saturated rings. The zero-order valence-electron chi connectivity index (χ0n) is 13.3. The summed E-state index contributed by atoms with van der Waals surface area (Å²) in [6.45, 7) is 0.650. The van der Waals surface area contributed by atoms with Gasteiger partial charge in [-0.2, -0.15) is 5.10 Å². The Labute approximate surface area is 149 Å². The van der Waals surface area contributed by atoms with Crippen molar-refractivity contribution in [1.82, 2.24) is 9.78 Å². The van der Waals surface area contributed by atoms with Crippen LogP contribution in [0.5, 0.6) is 5.75 Å². The van der Waals surface area contributed by atoms with Crippen molar-refractivity contribution in [3.63, 3.8) is 0 Å². The van der Waals surface area contributed by atoms with Gasteiger partial charge in [0.2, 0.25) is 0 Å². The summed E-state index contributed by atoms with van der Waals surface area (Å²) in [6, 6.07) is 17.5. The van der Waals surface area contributed by atoms with E-state index in [0.29, 0.717) is 17.4 Å². The quantitative estimate of drug-likeness (QED) is 0.469. The van der Waals surface area contributed by atoms with Crippen LogP contribution in [0, 0.1) is 0 Å². The van der Waals surface area contributed by atoms with E-state index in [1.165, 1.54) is 0 Å². The summed E-state index contributed by atoms with van der Waals surface area (Å²) in [4.78, 5) is 11.0. The number of aromatic nitrogens is 2. The van der Waals surface area contributed by atoms with Gasteiger partial charge in [0.15, 0.2) is 0 Å². The van der Waals surface area contributed by atoms with Gasteiger partial charge in [-0.15, -0.1) is 0 Å². The molecule has 1 heterocycles. The van der Waals surface area contributed by atoms with Crippen LogP contribution in [0.2, 0.25) is 0 Å². The third-order valence-corrected chi connectivity index (χ3v) is 4.35. The minimum absolute atomic E-state index is 0.650. The average Bonchev–Trinajstić information content (AvgIpc) is 3.05. The van der Waals surface area contributed by atoms with Crippen LogP contribution >= 0.6 is 15.9 Å². The second kappa shape index (κ2) is 7.45. The van der Waals surface area contributed by atoms with Crippen LogP contribution in [0.1, 0.15) is 21.6 Å². The van der Waals surface area contributed by atoms with Crippen molar-refractivity contribution in [1.29, 1.82) is 0 Å². The molecule has 0 bridgehead atoms. The largest absolute Gasteiger partial charge is 0.497 e. The molecule has 0 atom stereocenters. The summed E-state index contributed by atoms with van der Waals surface area (Å²) in [5, 5.41) is 5.33. The van der Waals surface area contributed by atoms with E-state index in [1.54, 1.807) is 13.2 Å². The van der Waals surface area contributed by atoms with Gasteiger partial charge in [-0.25, -0.2) is 0 Å². The molecule has 0 spiro atoms. The van der Waals surface area contributed by atoms with Gasteiger partial charge in [0.05, 0.1) is 25.0 Å². The number of hydrogen-bond acceptors (Lipinski definition) is 3. The zero-order chi connectivity index (χ0) is 16.9.